The molecule has 2 aromatic rings. The molecule has 0 atom stereocenters. The van der Waals surface area contributed by atoms with Crippen molar-refractivity contribution in [3.8, 4) is 0 Å². The molecule has 0 bridgehead atoms. The topological polar surface area (TPSA) is 54.2 Å². The third kappa shape index (κ3) is 5.84. The summed E-state index contributed by atoms with van der Waals surface area (Å²) in [4.78, 5) is 6.66. The predicted molar refractivity (Wildman–Crippen MR) is 94.2 cm³/mol. The maximum atomic E-state index is 5.90. The minimum Gasteiger partial charge on any atom is -0.323 e. The third-order valence-corrected chi connectivity index (χ3v) is 3.68. The zero-order chi connectivity index (χ0) is 16.7. The molecular formula is C17H25ClN4O. The lowest BCUT2D eigenvalue weighted by molar-refractivity contribution is 0.405. The smallest absolute Gasteiger partial charge is 0.323 e. The fourth-order valence-electron chi connectivity index (χ4n) is 2.29. The van der Waals surface area contributed by atoms with Crippen LogP contribution in [0, 0.1) is 0 Å². The molecule has 0 unspecified atom stereocenters. The fraction of sp³-hybridized carbons (Fsp3) is 0.529. The SMILES string of the molecule is CCCN(CCNC(C)C)c1nc(Cc2ccc(Cl)cc2)no1. The maximum absolute atomic E-state index is 5.90. The Bertz CT molecular complexity index is 583. The van der Waals surface area contributed by atoms with E-state index in [4.69, 9.17) is 16.1 Å². The zero-order valence-electron chi connectivity index (χ0n) is 14.1. The molecule has 1 heterocycles. The van der Waals surface area contributed by atoms with Crippen molar-refractivity contribution in [2.24, 2.45) is 0 Å². The Morgan fingerprint density at radius 3 is 2.61 bits per heavy atom. The number of nitrogens with zero attached hydrogens (tertiary/aromatic N) is 3. The molecule has 1 aromatic heterocycles. The molecule has 0 saturated carbocycles. The van der Waals surface area contributed by atoms with Crippen LogP contribution < -0.4 is 10.2 Å². The second-order valence-electron chi connectivity index (χ2n) is 5.89. The first-order valence-electron chi connectivity index (χ1n) is 8.14. The van der Waals surface area contributed by atoms with Gasteiger partial charge in [0.05, 0.1) is 0 Å². The highest BCUT2D eigenvalue weighted by atomic mass is 35.5. The minimum atomic E-state index is 0.474. The van der Waals surface area contributed by atoms with E-state index in [1.807, 2.05) is 24.3 Å². The highest BCUT2D eigenvalue weighted by molar-refractivity contribution is 6.30. The predicted octanol–water partition coefficient (Wildman–Crippen LogP) is 3.53. The highest BCUT2D eigenvalue weighted by Crippen LogP contribution is 2.15. The van der Waals surface area contributed by atoms with Crippen LogP contribution in [-0.4, -0.2) is 35.8 Å². The number of benzene rings is 1. The zero-order valence-corrected chi connectivity index (χ0v) is 14.8. The number of aromatic nitrogens is 2. The molecule has 23 heavy (non-hydrogen) atoms. The van der Waals surface area contributed by atoms with E-state index in [0.717, 1.165) is 36.6 Å². The number of rotatable bonds is 9. The first-order valence-corrected chi connectivity index (χ1v) is 8.51. The molecule has 126 valence electrons. The van der Waals surface area contributed by atoms with E-state index in [2.05, 4.69) is 41.1 Å². The Balaban J connectivity index is 1.98. The van der Waals surface area contributed by atoms with Gasteiger partial charge in [0.25, 0.3) is 0 Å². The Hall–Kier alpha value is -1.59. The van der Waals surface area contributed by atoms with Crippen LogP contribution in [0.2, 0.25) is 5.02 Å². The largest absolute Gasteiger partial charge is 0.324 e. The first kappa shape index (κ1) is 17.8. The second kappa shape index (κ2) is 8.89. The van der Waals surface area contributed by atoms with Crippen LogP contribution in [0.15, 0.2) is 28.8 Å². The van der Waals surface area contributed by atoms with Crippen molar-refractivity contribution in [2.75, 3.05) is 24.5 Å². The molecule has 1 N–H and O–H groups in total. The molecule has 0 spiro atoms. The average molecular weight is 337 g/mol. The lowest BCUT2D eigenvalue weighted by atomic mass is 10.1. The van der Waals surface area contributed by atoms with Gasteiger partial charge in [-0.15, -0.1) is 0 Å². The molecule has 0 fully saturated rings. The van der Waals surface area contributed by atoms with Crippen LogP contribution in [0.25, 0.3) is 0 Å². The van der Waals surface area contributed by atoms with Gasteiger partial charge in [0.1, 0.15) is 0 Å². The molecule has 0 radical (unpaired) electrons. The minimum absolute atomic E-state index is 0.474. The van der Waals surface area contributed by atoms with Gasteiger partial charge in [-0.2, -0.15) is 4.98 Å². The van der Waals surface area contributed by atoms with Crippen molar-refractivity contribution < 1.29 is 4.52 Å². The van der Waals surface area contributed by atoms with Crippen LogP contribution in [-0.2, 0) is 6.42 Å². The quantitative estimate of drug-likeness (QED) is 0.759. The van der Waals surface area contributed by atoms with Crippen LogP contribution >= 0.6 is 11.6 Å². The molecule has 0 aliphatic rings. The summed E-state index contributed by atoms with van der Waals surface area (Å²) in [6.45, 7) is 9.08. The molecular weight excluding hydrogens is 312 g/mol. The number of nitrogens with one attached hydrogen (secondary N) is 1. The molecule has 5 nitrogen and oxygen atoms in total. The van der Waals surface area contributed by atoms with Gasteiger partial charge in [0.2, 0.25) is 0 Å². The van der Waals surface area contributed by atoms with Gasteiger partial charge in [0, 0.05) is 37.1 Å². The Kier molecular flexibility index (Phi) is 6.86. The highest BCUT2D eigenvalue weighted by Gasteiger charge is 2.14. The van der Waals surface area contributed by atoms with Gasteiger partial charge >= 0.3 is 6.01 Å². The van der Waals surface area contributed by atoms with Crippen LogP contribution in [0.3, 0.4) is 0 Å². The summed E-state index contributed by atoms with van der Waals surface area (Å²) >= 11 is 5.90. The van der Waals surface area contributed by atoms with Gasteiger partial charge in [-0.1, -0.05) is 49.7 Å². The lowest BCUT2D eigenvalue weighted by Crippen LogP contribution is -2.35. The monoisotopic (exact) mass is 336 g/mol. The Labute approximate surface area is 143 Å². The molecule has 0 saturated heterocycles. The average Bonchev–Trinajstić information content (AvgIpc) is 2.97. The van der Waals surface area contributed by atoms with E-state index in [1.165, 1.54) is 0 Å². The van der Waals surface area contributed by atoms with Crippen LogP contribution in [0.5, 0.6) is 0 Å². The summed E-state index contributed by atoms with van der Waals surface area (Å²) in [7, 11) is 0. The summed E-state index contributed by atoms with van der Waals surface area (Å²) in [5.74, 6) is 0.695. The standard InChI is InChI=1S/C17H25ClN4O/c1-4-10-22(11-9-19-13(2)3)17-20-16(21-23-17)12-14-5-7-15(18)8-6-14/h5-8,13,19H,4,9-12H2,1-3H3. The summed E-state index contributed by atoms with van der Waals surface area (Å²) < 4.78 is 5.44. The normalized spacial score (nSPS) is 11.2. The van der Waals surface area contributed by atoms with Gasteiger partial charge in [-0.3, -0.25) is 0 Å². The first-order chi connectivity index (χ1) is 11.1. The van der Waals surface area contributed by atoms with Crippen molar-refractivity contribution in [1.82, 2.24) is 15.5 Å². The fourth-order valence-corrected chi connectivity index (χ4v) is 2.42. The summed E-state index contributed by atoms with van der Waals surface area (Å²) in [6, 6.07) is 8.78. The van der Waals surface area contributed by atoms with Crippen molar-refractivity contribution in [2.45, 2.75) is 39.7 Å². The molecule has 1 aromatic carbocycles. The number of halogens is 1. The summed E-state index contributed by atoms with van der Waals surface area (Å²) in [5, 5.41) is 8.24. The van der Waals surface area contributed by atoms with E-state index < -0.39 is 0 Å². The van der Waals surface area contributed by atoms with Gasteiger partial charge < -0.3 is 14.7 Å². The number of hydrogen-bond donors (Lipinski definition) is 1. The van der Waals surface area contributed by atoms with E-state index in [0.29, 0.717) is 24.3 Å². The van der Waals surface area contributed by atoms with E-state index in [9.17, 15) is 0 Å². The van der Waals surface area contributed by atoms with Gasteiger partial charge in [0.15, 0.2) is 5.82 Å². The van der Waals surface area contributed by atoms with Crippen molar-refractivity contribution in [3.05, 3.63) is 40.7 Å². The molecule has 2 rings (SSSR count). The Morgan fingerprint density at radius 1 is 1.22 bits per heavy atom. The summed E-state index contributed by atoms with van der Waals surface area (Å²) in [6.07, 6.45) is 1.68. The lowest BCUT2D eigenvalue weighted by Gasteiger charge is -2.20. The second-order valence-corrected chi connectivity index (χ2v) is 6.33. The number of hydrogen-bond acceptors (Lipinski definition) is 5. The van der Waals surface area contributed by atoms with E-state index in [-0.39, 0.29) is 0 Å². The van der Waals surface area contributed by atoms with Crippen molar-refractivity contribution in [3.63, 3.8) is 0 Å². The van der Waals surface area contributed by atoms with Crippen LogP contribution in [0.4, 0.5) is 6.01 Å². The van der Waals surface area contributed by atoms with Crippen LogP contribution in [0.1, 0.15) is 38.6 Å². The maximum Gasteiger partial charge on any atom is 0.324 e. The molecule has 0 aliphatic carbocycles. The van der Waals surface area contributed by atoms with E-state index in [1.54, 1.807) is 0 Å². The summed E-state index contributed by atoms with van der Waals surface area (Å²) in [5.41, 5.74) is 1.12. The number of anilines is 1. The van der Waals surface area contributed by atoms with Crippen molar-refractivity contribution in [1.29, 1.82) is 0 Å². The Morgan fingerprint density at radius 2 is 1.96 bits per heavy atom. The van der Waals surface area contributed by atoms with Crippen molar-refractivity contribution >= 4 is 17.6 Å². The molecule has 6 heteroatoms. The molecule has 0 amide bonds. The third-order valence-electron chi connectivity index (χ3n) is 3.43. The van der Waals surface area contributed by atoms with Gasteiger partial charge in [-0.25, -0.2) is 0 Å². The molecule has 0 aliphatic heterocycles. The van der Waals surface area contributed by atoms with Gasteiger partial charge in [-0.05, 0) is 24.1 Å². The van der Waals surface area contributed by atoms with E-state index >= 15 is 0 Å².